The third-order valence-corrected chi connectivity index (χ3v) is 1.96. The van der Waals surface area contributed by atoms with Crippen LogP contribution in [0.2, 0.25) is 0 Å². The van der Waals surface area contributed by atoms with Gasteiger partial charge in [0.1, 0.15) is 5.82 Å². The third kappa shape index (κ3) is 2.56. The molecule has 1 unspecified atom stereocenters. The minimum Gasteiger partial charge on any atom is -0.345 e. The summed E-state index contributed by atoms with van der Waals surface area (Å²) >= 11 is 0. The normalized spacial score (nSPS) is 12.5. The molecule has 0 radical (unpaired) electrons. The maximum absolute atomic E-state index is 11.2. The summed E-state index contributed by atoms with van der Waals surface area (Å²) in [6, 6.07) is -0.0594. The van der Waals surface area contributed by atoms with Gasteiger partial charge in [-0.3, -0.25) is 4.79 Å². The molecule has 0 fully saturated rings. The summed E-state index contributed by atoms with van der Waals surface area (Å²) in [5, 5.41) is 5.63. The van der Waals surface area contributed by atoms with Crippen LogP contribution in [0.25, 0.3) is 0 Å². The number of nitrogens with zero attached hydrogens (tertiary/aromatic N) is 2. The van der Waals surface area contributed by atoms with Crippen molar-refractivity contribution in [1.29, 1.82) is 0 Å². The monoisotopic (exact) mass is 196 g/mol. The van der Waals surface area contributed by atoms with Crippen molar-refractivity contribution in [1.82, 2.24) is 20.2 Å². The van der Waals surface area contributed by atoms with Gasteiger partial charge >= 0.3 is 0 Å². The molecule has 1 atom stereocenters. The molecule has 1 rings (SSSR count). The number of hydrogen-bond donors (Lipinski definition) is 2. The average Bonchev–Trinajstić information content (AvgIpc) is 2.51. The van der Waals surface area contributed by atoms with Crippen LogP contribution in [0.4, 0.5) is 0 Å². The number of likely N-dealkylation sites (N-methyl/N-ethyl adjacent to an activating group) is 1. The zero-order chi connectivity index (χ0) is 10.6. The van der Waals surface area contributed by atoms with Crippen molar-refractivity contribution in [2.24, 2.45) is 7.05 Å². The number of nitrogens with one attached hydrogen (secondary N) is 2. The zero-order valence-electron chi connectivity index (χ0n) is 8.74. The highest BCUT2D eigenvalue weighted by atomic mass is 16.1. The van der Waals surface area contributed by atoms with Gasteiger partial charge in [-0.15, -0.1) is 0 Å². The van der Waals surface area contributed by atoms with E-state index in [0.717, 1.165) is 5.82 Å². The Kier molecular flexibility index (Phi) is 3.64. The van der Waals surface area contributed by atoms with Gasteiger partial charge in [0.2, 0.25) is 5.91 Å². The van der Waals surface area contributed by atoms with Gasteiger partial charge in [0.15, 0.2) is 0 Å². The fourth-order valence-electron chi connectivity index (χ4n) is 1.31. The molecule has 1 aromatic heterocycles. The van der Waals surface area contributed by atoms with E-state index in [1.807, 2.05) is 24.7 Å². The number of hydrogen-bond acceptors (Lipinski definition) is 3. The maximum atomic E-state index is 11.2. The van der Waals surface area contributed by atoms with Gasteiger partial charge in [0.25, 0.3) is 0 Å². The molecule has 2 N–H and O–H groups in total. The molecule has 1 amide bonds. The summed E-state index contributed by atoms with van der Waals surface area (Å²) in [6.45, 7) is 2.24. The van der Waals surface area contributed by atoms with Crippen molar-refractivity contribution < 1.29 is 4.79 Å². The second-order valence-corrected chi connectivity index (χ2v) is 3.22. The topological polar surface area (TPSA) is 59.0 Å². The van der Waals surface area contributed by atoms with Crippen molar-refractivity contribution in [2.75, 3.05) is 13.6 Å². The molecule has 5 nitrogen and oxygen atoms in total. The van der Waals surface area contributed by atoms with Crippen LogP contribution in [0.15, 0.2) is 12.4 Å². The van der Waals surface area contributed by atoms with Crippen LogP contribution in [0.1, 0.15) is 18.8 Å². The van der Waals surface area contributed by atoms with Gasteiger partial charge in [-0.1, -0.05) is 0 Å². The van der Waals surface area contributed by atoms with Gasteiger partial charge in [0, 0.05) is 19.4 Å². The highest BCUT2D eigenvalue weighted by molar-refractivity contribution is 5.78. The molecule has 0 aliphatic carbocycles. The average molecular weight is 196 g/mol. The van der Waals surface area contributed by atoms with Gasteiger partial charge in [-0.2, -0.15) is 0 Å². The van der Waals surface area contributed by atoms with Crippen molar-refractivity contribution in [3.05, 3.63) is 18.2 Å². The summed E-state index contributed by atoms with van der Waals surface area (Å²) in [4.78, 5) is 15.4. The first-order chi connectivity index (χ1) is 6.65. The van der Waals surface area contributed by atoms with Crippen LogP contribution in [0.3, 0.4) is 0 Å². The number of amides is 1. The standard InChI is InChI=1S/C9H16N4O/c1-7(12-8(14)6-10-2)9-11-4-5-13(9)3/h4-5,7,10H,6H2,1-3H3,(H,12,14). The highest BCUT2D eigenvalue weighted by Crippen LogP contribution is 2.07. The first-order valence-electron chi connectivity index (χ1n) is 4.56. The highest BCUT2D eigenvalue weighted by Gasteiger charge is 2.11. The number of aryl methyl sites for hydroxylation is 1. The van der Waals surface area contributed by atoms with Crippen LogP contribution in [0.5, 0.6) is 0 Å². The van der Waals surface area contributed by atoms with Gasteiger partial charge in [-0.05, 0) is 14.0 Å². The molecule has 0 saturated carbocycles. The van der Waals surface area contributed by atoms with Gasteiger partial charge in [0.05, 0.1) is 12.6 Å². The molecule has 0 saturated heterocycles. The van der Waals surface area contributed by atoms with Crippen molar-refractivity contribution in [2.45, 2.75) is 13.0 Å². The van der Waals surface area contributed by atoms with Crippen molar-refractivity contribution >= 4 is 5.91 Å². The first-order valence-corrected chi connectivity index (χ1v) is 4.56. The summed E-state index contributed by atoms with van der Waals surface area (Å²) in [5.74, 6) is 0.831. The summed E-state index contributed by atoms with van der Waals surface area (Å²) in [6.07, 6.45) is 3.58. The van der Waals surface area contributed by atoms with E-state index in [1.165, 1.54) is 0 Å². The molecule has 1 heterocycles. The molecular weight excluding hydrogens is 180 g/mol. The Bertz CT molecular complexity index is 308. The molecule has 0 aromatic carbocycles. The summed E-state index contributed by atoms with van der Waals surface area (Å²) in [7, 11) is 3.65. The Morgan fingerprint density at radius 2 is 2.43 bits per heavy atom. The Morgan fingerprint density at radius 1 is 1.71 bits per heavy atom. The van der Waals surface area contributed by atoms with Crippen molar-refractivity contribution in [3.63, 3.8) is 0 Å². The van der Waals surface area contributed by atoms with E-state index in [0.29, 0.717) is 6.54 Å². The molecule has 0 spiro atoms. The Hall–Kier alpha value is -1.36. The lowest BCUT2D eigenvalue weighted by molar-refractivity contribution is -0.120. The van der Waals surface area contributed by atoms with E-state index in [9.17, 15) is 4.79 Å². The maximum Gasteiger partial charge on any atom is 0.234 e. The minimum absolute atomic E-state index is 0.0250. The van der Waals surface area contributed by atoms with E-state index in [1.54, 1.807) is 13.2 Å². The first kappa shape index (κ1) is 10.7. The predicted molar refractivity (Wildman–Crippen MR) is 53.7 cm³/mol. The molecule has 0 bridgehead atoms. The van der Waals surface area contributed by atoms with Crippen LogP contribution in [0, 0.1) is 0 Å². The summed E-state index contributed by atoms with van der Waals surface area (Å²) < 4.78 is 1.89. The fraction of sp³-hybridized carbons (Fsp3) is 0.556. The molecule has 1 aromatic rings. The number of carbonyl (C=O) groups excluding carboxylic acids is 1. The van der Waals surface area contributed by atoms with Gasteiger partial charge in [-0.25, -0.2) is 4.98 Å². The van der Waals surface area contributed by atoms with Crippen LogP contribution in [-0.2, 0) is 11.8 Å². The minimum atomic E-state index is -0.0594. The lowest BCUT2D eigenvalue weighted by Gasteiger charge is -2.13. The fourth-order valence-corrected chi connectivity index (χ4v) is 1.31. The van der Waals surface area contributed by atoms with E-state index in [2.05, 4.69) is 15.6 Å². The molecule has 5 heteroatoms. The molecule has 0 aliphatic heterocycles. The number of aromatic nitrogens is 2. The molecule has 78 valence electrons. The predicted octanol–water partition coefficient (Wildman–Crippen LogP) is -0.183. The van der Waals surface area contributed by atoms with E-state index in [-0.39, 0.29) is 11.9 Å². The Morgan fingerprint density at radius 3 is 2.93 bits per heavy atom. The molecular formula is C9H16N4O. The number of imidazole rings is 1. The Balaban J connectivity index is 2.54. The zero-order valence-corrected chi connectivity index (χ0v) is 8.74. The SMILES string of the molecule is CNCC(=O)NC(C)c1nccn1C. The largest absolute Gasteiger partial charge is 0.345 e. The smallest absolute Gasteiger partial charge is 0.234 e. The van der Waals surface area contributed by atoms with Crippen molar-refractivity contribution in [3.8, 4) is 0 Å². The second kappa shape index (κ2) is 4.76. The number of rotatable bonds is 4. The van der Waals surface area contributed by atoms with Crippen LogP contribution in [-0.4, -0.2) is 29.1 Å². The Labute approximate surface area is 83.5 Å². The number of carbonyl (C=O) groups is 1. The quantitative estimate of drug-likeness (QED) is 0.702. The van der Waals surface area contributed by atoms with Gasteiger partial charge < -0.3 is 15.2 Å². The van der Waals surface area contributed by atoms with Crippen LogP contribution >= 0.6 is 0 Å². The van der Waals surface area contributed by atoms with E-state index in [4.69, 9.17) is 0 Å². The van der Waals surface area contributed by atoms with E-state index >= 15 is 0 Å². The molecule has 14 heavy (non-hydrogen) atoms. The third-order valence-electron chi connectivity index (χ3n) is 1.96. The van der Waals surface area contributed by atoms with Crippen LogP contribution < -0.4 is 10.6 Å². The summed E-state index contributed by atoms with van der Waals surface area (Å²) in [5.41, 5.74) is 0. The van der Waals surface area contributed by atoms with E-state index < -0.39 is 0 Å². The molecule has 0 aliphatic rings. The lowest BCUT2D eigenvalue weighted by Crippen LogP contribution is -2.34. The lowest BCUT2D eigenvalue weighted by atomic mass is 10.3. The second-order valence-electron chi connectivity index (χ2n) is 3.22.